The molecule has 3 aromatic rings. The second kappa shape index (κ2) is 10.7. The molecule has 6 heteroatoms. The lowest BCUT2D eigenvalue weighted by Gasteiger charge is -2.33. The number of hydrogen-bond acceptors (Lipinski definition) is 4. The number of para-hydroxylation sites is 2. The average molecular weight is 435 g/mol. The first kappa shape index (κ1) is 22.5. The van der Waals surface area contributed by atoms with E-state index in [9.17, 15) is 4.79 Å². The van der Waals surface area contributed by atoms with E-state index < -0.39 is 0 Å². The van der Waals surface area contributed by atoms with Gasteiger partial charge in [-0.25, -0.2) is 4.98 Å². The van der Waals surface area contributed by atoms with Gasteiger partial charge in [0.15, 0.2) is 0 Å². The minimum atomic E-state index is -0.163. The van der Waals surface area contributed by atoms with Crippen molar-refractivity contribution < 1.29 is 9.53 Å². The number of carbonyl (C=O) groups is 1. The number of nitrogens with two attached hydrogens (primary N) is 1. The minimum Gasteiger partial charge on any atom is -0.385 e. The Bertz CT molecular complexity index is 1020. The summed E-state index contributed by atoms with van der Waals surface area (Å²) < 4.78 is 7.59. The van der Waals surface area contributed by atoms with Gasteiger partial charge in [0, 0.05) is 51.7 Å². The number of rotatable bonds is 9. The number of ether oxygens (including phenoxy) is 1. The summed E-state index contributed by atoms with van der Waals surface area (Å²) in [6, 6.07) is 18.3. The van der Waals surface area contributed by atoms with Crippen LogP contribution >= 0.6 is 0 Å². The fourth-order valence-corrected chi connectivity index (χ4v) is 4.76. The van der Waals surface area contributed by atoms with Crippen LogP contribution in [-0.2, 0) is 22.5 Å². The van der Waals surface area contributed by atoms with Crippen LogP contribution in [-0.4, -0.2) is 53.2 Å². The number of likely N-dealkylation sites (tertiary alicyclic amines) is 1. The van der Waals surface area contributed by atoms with E-state index in [1.54, 1.807) is 7.11 Å². The molecule has 0 radical (unpaired) electrons. The van der Waals surface area contributed by atoms with Crippen LogP contribution < -0.4 is 5.73 Å². The number of imidazole rings is 1. The quantitative estimate of drug-likeness (QED) is 0.521. The van der Waals surface area contributed by atoms with E-state index >= 15 is 0 Å². The molecule has 2 heterocycles. The van der Waals surface area contributed by atoms with Crippen LogP contribution in [0.2, 0.25) is 0 Å². The van der Waals surface area contributed by atoms with Gasteiger partial charge in [-0.2, -0.15) is 0 Å². The highest BCUT2D eigenvalue weighted by Gasteiger charge is 2.29. The van der Waals surface area contributed by atoms with E-state index in [0.717, 1.165) is 62.2 Å². The van der Waals surface area contributed by atoms with Gasteiger partial charge < -0.3 is 19.9 Å². The highest BCUT2D eigenvalue weighted by Crippen LogP contribution is 2.30. The van der Waals surface area contributed by atoms with Crippen LogP contribution in [0.5, 0.6) is 0 Å². The molecular formula is C26H34N4O2. The van der Waals surface area contributed by atoms with Crippen molar-refractivity contribution in [2.75, 3.05) is 26.8 Å². The Morgan fingerprint density at radius 2 is 1.97 bits per heavy atom. The third-order valence-electron chi connectivity index (χ3n) is 6.33. The molecule has 32 heavy (non-hydrogen) atoms. The van der Waals surface area contributed by atoms with Gasteiger partial charge in [-0.15, -0.1) is 0 Å². The zero-order chi connectivity index (χ0) is 22.3. The predicted octanol–water partition coefficient (Wildman–Crippen LogP) is 3.74. The summed E-state index contributed by atoms with van der Waals surface area (Å²) in [5.74, 6) is 1.49. The monoisotopic (exact) mass is 434 g/mol. The van der Waals surface area contributed by atoms with Gasteiger partial charge in [-0.05, 0) is 43.4 Å². The second-order valence-electron chi connectivity index (χ2n) is 8.79. The normalized spacial score (nSPS) is 17.6. The lowest BCUT2D eigenvalue weighted by Crippen LogP contribution is -2.42. The van der Waals surface area contributed by atoms with E-state index in [1.165, 1.54) is 5.56 Å². The van der Waals surface area contributed by atoms with Crippen molar-refractivity contribution in [2.24, 2.45) is 5.73 Å². The van der Waals surface area contributed by atoms with Crippen molar-refractivity contribution >= 4 is 16.9 Å². The Balaban J connectivity index is 1.44. The number of aromatic nitrogens is 2. The SMILES string of the molecule is COCCCn1c([C@@H]2CCCN(C(=O)C[C@H](N)Cc3ccccc3)C2)nc2ccccc21. The zero-order valence-corrected chi connectivity index (χ0v) is 19.0. The summed E-state index contributed by atoms with van der Waals surface area (Å²) >= 11 is 0. The van der Waals surface area contributed by atoms with Gasteiger partial charge in [0.05, 0.1) is 11.0 Å². The maximum absolute atomic E-state index is 13.0. The molecule has 1 amide bonds. The molecule has 2 aromatic carbocycles. The summed E-state index contributed by atoms with van der Waals surface area (Å²) in [5.41, 5.74) is 9.68. The molecule has 0 saturated carbocycles. The van der Waals surface area contributed by atoms with E-state index in [0.29, 0.717) is 13.0 Å². The van der Waals surface area contributed by atoms with E-state index in [-0.39, 0.29) is 17.9 Å². The van der Waals surface area contributed by atoms with Crippen LogP contribution in [0.3, 0.4) is 0 Å². The Hall–Kier alpha value is -2.70. The number of aryl methyl sites for hydroxylation is 1. The summed E-state index contributed by atoms with van der Waals surface area (Å²) in [6.45, 7) is 3.11. The van der Waals surface area contributed by atoms with E-state index in [1.807, 2.05) is 29.2 Å². The molecule has 170 valence electrons. The van der Waals surface area contributed by atoms with Gasteiger partial charge >= 0.3 is 0 Å². The number of amides is 1. The number of carbonyl (C=O) groups excluding carboxylic acids is 1. The van der Waals surface area contributed by atoms with Crippen molar-refractivity contribution in [3.8, 4) is 0 Å². The highest BCUT2D eigenvalue weighted by molar-refractivity contribution is 5.77. The van der Waals surface area contributed by atoms with Crippen molar-refractivity contribution in [1.29, 1.82) is 0 Å². The molecule has 0 aliphatic carbocycles. The van der Waals surface area contributed by atoms with Crippen LogP contribution in [0.15, 0.2) is 54.6 Å². The van der Waals surface area contributed by atoms with Crippen molar-refractivity contribution in [3.63, 3.8) is 0 Å². The van der Waals surface area contributed by atoms with Crippen LogP contribution in [0.25, 0.3) is 11.0 Å². The number of nitrogens with zero attached hydrogens (tertiary/aromatic N) is 3. The maximum atomic E-state index is 13.0. The topological polar surface area (TPSA) is 73.4 Å². The highest BCUT2D eigenvalue weighted by atomic mass is 16.5. The van der Waals surface area contributed by atoms with Gasteiger partial charge in [0.2, 0.25) is 5.91 Å². The average Bonchev–Trinajstić information content (AvgIpc) is 3.18. The number of fused-ring (bicyclic) bond motifs is 1. The van der Waals surface area contributed by atoms with Gasteiger partial charge in [-0.1, -0.05) is 42.5 Å². The Labute approximate surface area is 190 Å². The zero-order valence-electron chi connectivity index (χ0n) is 19.0. The second-order valence-corrected chi connectivity index (χ2v) is 8.79. The van der Waals surface area contributed by atoms with Crippen LogP contribution in [0, 0.1) is 0 Å². The number of benzene rings is 2. The molecule has 6 nitrogen and oxygen atoms in total. The lowest BCUT2D eigenvalue weighted by molar-refractivity contribution is -0.132. The standard InChI is InChI=1S/C26H34N4O2/c1-32-16-8-15-30-24-13-6-5-12-23(24)28-26(30)21-11-7-14-29(19-21)25(31)18-22(27)17-20-9-3-2-4-10-20/h2-6,9-10,12-13,21-22H,7-8,11,14-19,27H2,1H3/t21-,22-/m1/s1. The third kappa shape index (κ3) is 5.37. The van der Waals surface area contributed by atoms with Crippen molar-refractivity contribution in [3.05, 3.63) is 66.0 Å². The molecule has 1 aliphatic rings. The Morgan fingerprint density at radius 1 is 1.19 bits per heavy atom. The van der Waals surface area contributed by atoms with Crippen molar-refractivity contribution in [1.82, 2.24) is 14.5 Å². The van der Waals surface area contributed by atoms with Crippen LogP contribution in [0.4, 0.5) is 0 Å². The molecule has 1 fully saturated rings. The maximum Gasteiger partial charge on any atom is 0.224 e. The fourth-order valence-electron chi connectivity index (χ4n) is 4.76. The first-order chi connectivity index (χ1) is 15.7. The van der Waals surface area contributed by atoms with Crippen LogP contribution in [0.1, 0.15) is 43.0 Å². The first-order valence-corrected chi connectivity index (χ1v) is 11.7. The predicted molar refractivity (Wildman–Crippen MR) is 128 cm³/mol. The molecule has 2 N–H and O–H groups in total. The molecule has 1 saturated heterocycles. The summed E-state index contributed by atoms with van der Waals surface area (Å²) in [5, 5.41) is 0. The third-order valence-corrected chi connectivity index (χ3v) is 6.33. The molecule has 1 aliphatic heterocycles. The Morgan fingerprint density at radius 3 is 2.78 bits per heavy atom. The number of piperidine rings is 1. The van der Waals surface area contributed by atoms with Crippen molar-refractivity contribution in [2.45, 2.75) is 50.6 Å². The molecular weight excluding hydrogens is 400 g/mol. The van der Waals surface area contributed by atoms with Gasteiger partial charge in [0.25, 0.3) is 0 Å². The molecule has 0 bridgehead atoms. The number of methoxy groups -OCH3 is 1. The minimum absolute atomic E-state index is 0.153. The van der Waals surface area contributed by atoms with E-state index in [2.05, 4.69) is 34.9 Å². The van der Waals surface area contributed by atoms with E-state index in [4.69, 9.17) is 15.5 Å². The molecule has 0 spiro atoms. The first-order valence-electron chi connectivity index (χ1n) is 11.7. The largest absolute Gasteiger partial charge is 0.385 e. The van der Waals surface area contributed by atoms with Gasteiger partial charge in [0.1, 0.15) is 5.82 Å². The molecule has 1 aromatic heterocycles. The fraction of sp³-hybridized carbons (Fsp3) is 0.462. The summed E-state index contributed by atoms with van der Waals surface area (Å²) in [4.78, 5) is 20.0. The molecule has 0 unspecified atom stereocenters. The summed E-state index contributed by atoms with van der Waals surface area (Å²) in [6.07, 6.45) is 4.08. The molecule has 4 rings (SSSR count). The number of hydrogen-bond donors (Lipinski definition) is 1. The lowest BCUT2D eigenvalue weighted by atomic mass is 9.96. The molecule has 2 atom stereocenters. The Kier molecular flexibility index (Phi) is 7.55. The smallest absolute Gasteiger partial charge is 0.224 e. The van der Waals surface area contributed by atoms with Gasteiger partial charge in [-0.3, -0.25) is 4.79 Å². The summed E-state index contributed by atoms with van der Waals surface area (Å²) in [7, 11) is 1.74.